The summed E-state index contributed by atoms with van der Waals surface area (Å²) >= 11 is 0. The van der Waals surface area contributed by atoms with Crippen molar-refractivity contribution in [3.63, 3.8) is 0 Å². The second kappa shape index (κ2) is 5.63. The Morgan fingerprint density at radius 1 is 1.14 bits per heavy atom. The van der Waals surface area contributed by atoms with Gasteiger partial charge in [-0.3, -0.25) is 9.69 Å². The highest BCUT2D eigenvalue weighted by molar-refractivity contribution is 5.99. The SMILES string of the molecule is C[C@@H]1C[C@H](C)CN(C(=O)C2Cc3ccccc3N2C(=O)O)C1. The van der Waals surface area contributed by atoms with Gasteiger partial charge in [-0.2, -0.15) is 0 Å². The second-order valence-electron chi connectivity index (χ2n) is 6.69. The largest absolute Gasteiger partial charge is 0.465 e. The quantitative estimate of drug-likeness (QED) is 0.867. The molecule has 0 spiro atoms. The van der Waals surface area contributed by atoms with Crippen molar-refractivity contribution in [1.82, 2.24) is 4.90 Å². The van der Waals surface area contributed by atoms with Crippen LogP contribution in [0.4, 0.5) is 10.5 Å². The van der Waals surface area contributed by atoms with Crippen LogP contribution in [-0.2, 0) is 11.2 Å². The number of para-hydroxylation sites is 1. The zero-order valence-corrected chi connectivity index (χ0v) is 13.0. The van der Waals surface area contributed by atoms with E-state index >= 15 is 0 Å². The first-order valence-corrected chi connectivity index (χ1v) is 7.86. The lowest BCUT2D eigenvalue weighted by Gasteiger charge is -2.37. The molecule has 5 heteroatoms. The number of nitrogens with zero attached hydrogens (tertiary/aromatic N) is 2. The summed E-state index contributed by atoms with van der Waals surface area (Å²) in [6.07, 6.45) is 0.541. The number of hydrogen-bond acceptors (Lipinski definition) is 2. The van der Waals surface area contributed by atoms with Gasteiger partial charge in [0.2, 0.25) is 5.91 Å². The van der Waals surface area contributed by atoms with E-state index in [0.29, 0.717) is 23.9 Å². The molecule has 1 saturated heterocycles. The van der Waals surface area contributed by atoms with Crippen molar-refractivity contribution in [3.05, 3.63) is 29.8 Å². The molecule has 3 atom stereocenters. The number of fused-ring (bicyclic) bond motifs is 1. The first-order chi connectivity index (χ1) is 10.5. The number of likely N-dealkylation sites (tertiary alicyclic amines) is 1. The molecular weight excluding hydrogens is 280 g/mol. The van der Waals surface area contributed by atoms with Crippen LogP contribution in [0.25, 0.3) is 0 Å². The highest BCUT2D eigenvalue weighted by Crippen LogP contribution is 2.33. The number of anilines is 1. The molecule has 22 heavy (non-hydrogen) atoms. The minimum Gasteiger partial charge on any atom is -0.465 e. The summed E-state index contributed by atoms with van der Waals surface area (Å²) in [5.41, 5.74) is 1.58. The molecule has 0 aromatic heterocycles. The van der Waals surface area contributed by atoms with Crippen LogP contribution in [0.15, 0.2) is 24.3 Å². The molecule has 1 unspecified atom stereocenters. The Labute approximate surface area is 130 Å². The molecule has 1 N–H and O–H groups in total. The molecule has 0 saturated carbocycles. The predicted octanol–water partition coefficient (Wildman–Crippen LogP) is 2.60. The summed E-state index contributed by atoms with van der Waals surface area (Å²) < 4.78 is 0. The number of rotatable bonds is 1. The van der Waals surface area contributed by atoms with E-state index in [0.717, 1.165) is 25.1 Å². The number of carbonyl (C=O) groups is 2. The molecule has 3 rings (SSSR count). The molecule has 1 aromatic carbocycles. The van der Waals surface area contributed by atoms with Gasteiger partial charge in [0.15, 0.2) is 0 Å². The average Bonchev–Trinajstić information content (AvgIpc) is 2.84. The van der Waals surface area contributed by atoms with Gasteiger partial charge in [0.25, 0.3) is 0 Å². The standard InChI is InChI=1S/C17H22N2O3/c1-11-7-12(2)10-18(9-11)16(20)15-8-13-5-3-4-6-14(13)19(15)17(21)22/h3-6,11-12,15H,7-10H2,1-2H3,(H,21,22)/t11-,12+,15?. The number of benzene rings is 1. The van der Waals surface area contributed by atoms with Crippen LogP contribution < -0.4 is 4.90 Å². The summed E-state index contributed by atoms with van der Waals surface area (Å²) in [5, 5.41) is 9.54. The normalized spacial score (nSPS) is 27.6. The maximum absolute atomic E-state index is 12.9. The van der Waals surface area contributed by atoms with Crippen molar-refractivity contribution in [2.24, 2.45) is 11.8 Å². The minimum atomic E-state index is -1.05. The Balaban J connectivity index is 1.85. The van der Waals surface area contributed by atoms with Gasteiger partial charge >= 0.3 is 6.09 Å². The predicted molar refractivity (Wildman–Crippen MR) is 84.0 cm³/mol. The maximum atomic E-state index is 12.9. The molecule has 2 heterocycles. The number of amides is 2. The molecule has 5 nitrogen and oxygen atoms in total. The fraction of sp³-hybridized carbons (Fsp3) is 0.529. The van der Waals surface area contributed by atoms with Crippen LogP contribution in [0.5, 0.6) is 0 Å². The van der Waals surface area contributed by atoms with Gasteiger partial charge in [-0.1, -0.05) is 32.0 Å². The third-order valence-electron chi connectivity index (χ3n) is 4.65. The van der Waals surface area contributed by atoms with Gasteiger partial charge in [0.1, 0.15) is 6.04 Å². The van der Waals surface area contributed by atoms with Crippen molar-refractivity contribution in [3.8, 4) is 0 Å². The zero-order chi connectivity index (χ0) is 15.9. The summed E-state index contributed by atoms with van der Waals surface area (Å²) in [7, 11) is 0. The van der Waals surface area contributed by atoms with E-state index in [2.05, 4.69) is 13.8 Å². The van der Waals surface area contributed by atoms with E-state index in [9.17, 15) is 14.7 Å². The fourth-order valence-corrected chi connectivity index (χ4v) is 3.87. The van der Waals surface area contributed by atoms with Crippen molar-refractivity contribution in [2.45, 2.75) is 32.7 Å². The smallest absolute Gasteiger partial charge is 0.412 e. The second-order valence-corrected chi connectivity index (χ2v) is 6.69. The number of carboxylic acid groups (broad SMARTS) is 1. The van der Waals surface area contributed by atoms with Gasteiger partial charge in [0, 0.05) is 19.5 Å². The van der Waals surface area contributed by atoms with E-state index in [1.807, 2.05) is 23.1 Å². The number of piperidine rings is 1. The Morgan fingerprint density at radius 2 is 1.77 bits per heavy atom. The van der Waals surface area contributed by atoms with Crippen LogP contribution in [-0.4, -0.2) is 41.1 Å². The fourth-order valence-electron chi connectivity index (χ4n) is 3.87. The molecule has 2 amide bonds. The molecule has 0 bridgehead atoms. The summed E-state index contributed by atoms with van der Waals surface area (Å²) in [6, 6.07) is 6.76. The Kier molecular flexibility index (Phi) is 3.81. The molecule has 2 aliphatic heterocycles. The highest BCUT2D eigenvalue weighted by atomic mass is 16.4. The van der Waals surface area contributed by atoms with Crippen molar-refractivity contribution < 1.29 is 14.7 Å². The lowest BCUT2D eigenvalue weighted by Crippen LogP contribution is -2.52. The van der Waals surface area contributed by atoms with Gasteiger partial charge in [-0.15, -0.1) is 0 Å². The molecule has 2 aliphatic rings. The third kappa shape index (κ3) is 2.56. The summed E-state index contributed by atoms with van der Waals surface area (Å²) in [5.74, 6) is 0.876. The summed E-state index contributed by atoms with van der Waals surface area (Å²) in [4.78, 5) is 27.6. The zero-order valence-electron chi connectivity index (χ0n) is 13.0. The maximum Gasteiger partial charge on any atom is 0.412 e. The monoisotopic (exact) mass is 302 g/mol. The van der Waals surface area contributed by atoms with Gasteiger partial charge in [-0.05, 0) is 29.9 Å². The van der Waals surface area contributed by atoms with E-state index in [1.165, 1.54) is 4.90 Å². The molecule has 0 radical (unpaired) electrons. The van der Waals surface area contributed by atoms with Gasteiger partial charge < -0.3 is 10.0 Å². The molecular formula is C17H22N2O3. The van der Waals surface area contributed by atoms with Crippen LogP contribution in [0.1, 0.15) is 25.8 Å². The van der Waals surface area contributed by atoms with Gasteiger partial charge in [-0.25, -0.2) is 4.79 Å². The van der Waals surface area contributed by atoms with Crippen LogP contribution in [0, 0.1) is 11.8 Å². The van der Waals surface area contributed by atoms with Gasteiger partial charge in [0.05, 0.1) is 5.69 Å². The van der Waals surface area contributed by atoms with Crippen molar-refractivity contribution >= 4 is 17.7 Å². The van der Waals surface area contributed by atoms with Crippen LogP contribution in [0.2, 0.25) is 0 Å². The molecule has 1 fully saturated rings. The average molecular weight is 302 g/mol. The third-order valence-corrected chi connectivity index (χ3v) is 4.65. The van der Waals surface area contributed by atoms with E-state index in [-0.39, 0.29) is 5.91 Å². The molecule has 118 valence electrons. The number of hydrogen-bond donors (Lipinski definition) is 1. The van der Waals surface area contributed by atoms with Crippen LogP contribution in [0.3, 0.4) is 0 Å². The Morgan fingerprint density at radius 3 is 2.41 bits per heavy atom. The number of carbonyl (C=O) groups excluding carboxylic acids is 1. The lowest BCUT2D eigenvalue weighted by atomic mass is 9.91. The first kappa shape index (κ1) is 14.9. The van der Waals surface area contributed by atoms with E-state index in [4.69, 9.17) is 0 Å². The van der Waals surface area contributed by atoms with Crippen LogP contribution >= 0.6 is 0 Å². The topological polar surface area (TPSA) is 60.9 Å². The van der Waals surface area contributed by atoms with Crippen molar-refractivity contribution in [1.29, 1.82) is 0 Å². The molecule has 1 aromatic rings. The van der Waals surface area contributed by atoms with E-state index < -0.39 is 12.1 Å². The van der Waals surface area contributed by atoms with E-state index in [1.54, 1.807) is 6.07 Å². The Bertz CT molecular complexity index is 591. The van der Waals surface area contributed by atoms with Crippen molar-refractivity contribution in [2.75, 3.05) is 18.0 Å². The Hall–Kier alpha value is -2.04. The molecule has 0 aliphatic carbocycles. The highest BCUT2D eigenvalue weighted by Gasteiger charge is 2.41. The summed E-state index contributed by atoms with van der Waals surface area (Å²) in [6.45, 7) is 5.75. The minimum absolute atomic E-state index is 0.0583. The first-order valence-electron chi connectivity index (χ1n) is 7.86. The lowest BCUT2D eigenvalue weighted by molar-refractivity contribution is -0.135.